The van der Waals surface area contributed by atoms with Gasteiger partial charge in [0.1, 0.15) is 0 Å². The predicted octanol–water partition coefficient (Wildman–Crippen LogP) is 3.17. The molecule has 0 amide bonds. The second-order valence-corrected chi connectivity index (χ2v) is 3.85. The van der Waals surface area contributed by atoms with Crippen LogP contribution in [0.25, 0.3) is 5.52 Å². The topological polar surface area (TPSA) is 4.41 Å². The average molecular weight is 173 g/mol. The molecule has 0 atom stereocenters. The molecule has 0 bridgehead atoms. The molecule has 0 saturated carbocycles. The molecule has 0 aliphatic carbocycles. The van der Waals surface area contributed by atoms with E-state index >= 15 is 0 Å². The maximum Gasteiger partial charge on any atom is 0.0460 e. The summed E-state index contributed by atoms with van der Waals surface area (Å²) in [4.78, 5) is 0. The summed E-state index contributed by atoms with van der Waals surface area (Å²) in [7, 11) is 0. The molecule has 0 unspecified atom stereocenters. The summed E-state index contributed by atoms with van der Waals surface area (Å²) >= 11 is 0. The molecule has 2 aromatic heterocycles. The fourth-order valence-electron chi connectivity index (χ4n) is 2.00. The number of aryl methyl sites for hydroxylation is 4. The van der Waals surface area contributed by atoms with Gasteiger partial charge in [0.15, 0.2) is 0 Å². The molecule has 0 aliphatic heterocycles. The van der Waals surface area contributed by atoms with Crippen molar-refractivity contribution >= 4 is 5.52 Å². The van der Waals surface area contributed by atoms with Gasteiger partial charge in [-0.25, -0.2) is 0 Å². The third-order valence-corrected chi connectivity index (χ3v) is 2.69. The van der Waals surface area contributed by atoms with Crippen molar-refractivity contribution in [3.05, 3.63) is 40.7 Å². The second-order valence-electron chi connectivity index (χ2n) is 3.85. The molecule has 0 N–H and O–H groups in total. The van der Waals surface area contributed by atoms with Crippen molar-refractivity contribution in [1.82, 2.24) is 4.40 Å². The predicted molar refractivity (Wildman–Crippen MR) is 56.3 cm³/mol. The van der Waals surface area contributed by atoms with Crippen LogP contribution < -0.4 is 0 Å². The summed E-state index contributed by atoms with van der Waals surface area (Å²) in [6, 6.07) is 6.70. The largest absolute Gasteiger partial charge is 0.318 e. The van der Waals surface area contributed by atoms with E-state index in [-0.39, 0.29) is 0 Å². The van der Waals surface area contributed by atoms with Gasteiger partial charge in [0.05, 0.1) is 0 Å². The van der Waals surface area contributed by atoms with Gasteiger partial charge in [0.25, 0.3) is 0 Å². The molecule has 13 heavy (non-hydrogen) atoms. The normalized spacial score (nSPS) is 11.1. The first-order valence-corrected chi connectivity index (χ1v) is 4.65. The van der Waals surface area contributed by atoms with Crippen LogP contribution in [0.3, 0.4) is 0 Å². The van der Waals surface area contributed by atoms with Crippen LogP contribution in [0.5, 0.6) is 0 Å². The lowest BCUT2D eigenvalue weighted by Crippen LogP contribution is -1.93. The van der Waals surface area contributed by atoms with E-state index in [0.29, 0.717) is 0 Å². The van der Waals surface area contributed by atoms with Crippen molar-refractivity contribution in [1.29, 1.82) is 0 Å². The van der Waals surface area contributed by atoms with Gasteiger partial charge in [-0.2, -0.15) is 0 Å². The summed E-state index contributed by atoms with van der Waals surface area (Å²) in [5.74, 6) is 0. The Hall–Kier alpha value is -1.24. The van der Waals surface area contributed by atoms with E-state index in [1.807, 2.05) is 0 Å². The average Bonchev–Trinajstić information content (AvgIpc) is 2.27. The summed E-state index contributed by atoms with van der Waals surface area (Å²) in [6.45, 7) is 8.64. The second kappa shape index (κ2) is 2.63. The maximum atomic E-state index is 2.31. The Morgan fingerprint density at radius 1 is 0.923 bits per heavy atom. The Bertz CT molecular complexity index is 463. The number of aromatic nitrogens is 1. The molecule has 0 fully saturated rings. The minimum Gasteiger partial charge on any atom is -0.318 e. The maximum absolute atomic E-state index is 2.31. The highest BCUT2D eigenvalue weighted by atomic mass is 14.9. The van der Waals surface area contributed by atoms with E-state index in [9.17, 15) is 0 Å². The van der Waals surface area contributed by atoms with Gasteiger partial charge >= 0.3 is 0 Å². The third kappa shape index (κ3) is 1.15. The lowest BCUT2D eigenvalue weighted by atomic mass is 10.2. The zero-order valence-corrected chi connectivity index (χ0v) is 8.68. The SMILES string of the molecule is Cc1cc(C)n2c(C)c(C)cc2c1. The quantitative estimate of drug-likeness (QED) is 0.576. The van der Waals surface area contributed by atoms with E-state index < -0.39 is 0 Å². The van der Waals surface area contributed by atoms with Gasteiger partial charge in [-0.05, 0) is 57.0 Å². The highest BCUT2D eigenvalue weighted by Crippen LogP contribution is 2.18. The number of hydrogen-bond acceptors (Lipinski definition) is 0. The first-order chi connectivity index (χ1) is 6.09. The minimum atomic E-state index is 1.31. The van der Waals surface area contributed by atoms with Crippen LogP contribution in [-0.2, 0) is 0 Å². The number of hydrogen-bond donors (Lipinski definition) is 0. The summed E-state index contributed by atoms with van der Waals surface area (Å²) in [6.07, 6.45) is 0. The van der Waals surface area contributed by atoms with Gasteiger partial charge in [-0.15, -0.1) is 0 Å². The van der Waals surface area contributed by atoms with Crippen LogP contribution in [0.1, 0.15) is 22.5 Å². The summed E-state index contributed by atoms with van der Waals surface area (Å²) < 4.78 is 2.31. The smallest absolute Gasteiger partial charge is 0.0460 e. The number of fused-ring (bicyclic) bond motifs is 1. The Labute approximate surface area is 79.0 Å². The van der Waals surface area contributed by atoms with Gasteiger partial charge in [0.2, 0.25) is 0 Å². The minimum absolute atomic E-state index is 1.31. The molecule has 2 aromatic rings. The molecule has 0 saturated heterocycles. The molecule has 2 rings (SSSR count). The van der Waals surface area contributed by atoms with Crippen molar-refractivity contribution < 1.29 is 0 Å². The Morgan fingerprint density at radius 3 is 2.31 bits per heavy atom. The molecular formula is C12H15N. The van der Waals surface area contributed by atoms with Crippen LogP contribution in [0, 0.1) is 27.7 Å². The van der Waals surface area contributed by atoms with E-state index in [2.05, 4.69) is 50.3 Å². The van der Waals surface area contributed by atoms with Gasteiger partial charge < -0.3 is 4.40 Å². The number of nitrogens with zero attached hydrogens (tertiary/aromatic N) is 1. The zero-order chi connectivity index (χ0) is 9.59. The molecule has 1 heteroatoms. The summed E-state index contributed by atoms with van der Waals surface area (Å²) in [5, 5.41) is 0. The lowest BCUT2D eigenvalue weighted by Gasteiger charge is -2.04. The van der Waals surface area contributed by atoms with E-state index in [1.54, 1.807) is 0 Å². The first-order valence-electron chi connectivity index (χ1n) is 4.65. The van der Waals surface area contributed by atoms with Crippen LogP contribution >= 0.6 is 0 Å². The van der Waals surface area contributed by atoms with Crippen molar-refractivity contribution in [2.45, 2.75) is 27.7 Å². The standard InChI is InChI=1S/C12H15N/c1-8-5-10(3)13-11(4)9(2)7-12(13)6-8/h5-7H,1-4H3. The van der Waals surface area contributed by atoms with Crippen molar-refractivity contribution in [3.8, 4) is 0 Å². The number of pyridine rings is 1. The van der Waals surface area contributed by atoms with E-state index in [4.69, 9.17) is 0 Å². The summed E-state index contributed by atoms with van der Waals surface area (Å²) in [5.41, 5.74) is 6.69. The van der Waals surface area contributed by atoms with Gasteiger partial charge in [0, 0.05) is 16.9 Å². The fraction of sp³-hybridized carbons (Fsp3) is 0.333. The van der Waals surface area contributed by atoms with Crippen molar-refractivity contribution in [3.63, 3.8) is 0 Å². The molecule has 0 aromatic carbocycles. The van der Waals surface area contributed by atoms with Crippen LogP contribution in [0.2, 0.25) is 0 Å². The van der Waals surface area contributed by atoms with Gasteiger partial charge in [-0.3, -0.25) is 0 Å². The molecule has 0 radical (unpaired) electrons. The Balaban J connectivity index is 2.94. The molecule has 68 valence electrons. The van der Waals surface area contributed by atoms with Crippen LogP contribution in [-0.4, -0.2) is 4.40 Å². The molecule has 0 aliphatic rings. The zero-order valence-electron chi connectivity index (χ0n) is 8.68. The van der Waals surface area contributed by atoms with Gasteiger partial charge in [-0.1, -0.05) is 0 Å². The molecule has 0 spiro atoms. The van der Waals surface area contributed by atoms with Crippen LogP contribution in [0.15, 0.2) is 18.2 Å². The van der Waals surface area contributed by atoms with Crippen molar-refractivity contribution in [2.75, 3.05) is 0 Å². The monoisotopic (exact) mass is 173 g/mol. The lowest BCUT2D eigenvalue weighted by molar-refractivity contribution is 1.02. The Morgan fingerprint density at radius 2 is 1.62 bits per heavy atom. The first kappa shape index (κ1) is 8.36. The van der Waals surface area contributed by atoms with Crippen LogP contribution in [0.4, 0.5) is 0 Å². The molecule has 1 nitrogen and oxygen atoms in total. The highest BCUT2D eigenvalue weighted by molar-refractivity contribution is 5.55. The third-order valence-electron chi connectivity index (χ3n) is 2.69. The molecular weight excluding hydrogens is 158 g/mol. The number of rotatable bonds is 0. The van der Waals surface area contributed by atoms with E-state index in [0.717, 1.165) is 0 Å². The Kier molecular flexibility index (Phi) is 1.69. The van der Waals surface area contributed by atoms with E-state index in [1.165, 1.54) is 28.0 Å². The highest BCUT2D eigenvalue weighted by Gasteiger charge is 2.04. The fourth-order valence-corrected chi connectivity index (χ4v) is 2.00. The molecule has 2 heterocycles. The van der Waals surface area contributed by atoms with Crippen molar-refractivity contribution in [2.24, 2.45) is 0 Å².